The summed E-state index contributed by atoms with van der Waals surface area (Å²) in [5, 5.41) is 12.2. The highest BCUT2D eigenvalue weighted by Gasteiger charge is 2.24. The zero-order chi connectivity index (χ0) is 24.3. The highest BCUT2D eigenvalue weighted by atomic mass is 19.1. The van der Waals surface area contributed by atoms with Crippen molar-refractivity contribution in [1.82, 2.24) is 10.1 Å². The Bertz CT molecular complexity index is 1190. The number of aryl methyl sites for hydroxylation is 2. The fourth-order valence-electron chi connectivity index (χ4n) is 3.46. The van der Waals surface area contributed by atoms with Crippen molar-refractivity contribution in [1.29, 1.82) is 0 Å². The fraction of sp³-hybridized carbons (Fsp3) is 0.346. The summed E-state index contributed by atoms with van der Waals surface area (Å²) in [7, 11) is 0. The number of rotatable bonds is 8. The van der Waals surface area contributed by atoms with E-state index in [1.165, 1.54) is 18.9 Å². The molecule has 1 saturated carbocycles. The number of aromatic nitrogens is 2. The van der Waals surface area contributed by atoms with Crippen LogP contribution in [0.1, 0.15) is 50.5 Å². The molecule has 0 spiro atoms. The van der Waals surface area contributed by atoms with Crippen LogP contribution in [0, 0.1) is 11.7 Å². The van der Waals surface area contributed by atoms with Crippen LogP contribution in [-0.4, -0.2) is 16.2 Å². The molecule has 1 fully saturated rings. The summed E-state index contributed by atoms with van der Waals surface area (Å²) in [5.74, 6) is 1.75. The number of carbonyl (C=O) groups is 1. The molecular weight excluding hydrogens is 433 g/mol. The predicted molar refractivity (Wildman–Crippen MR) is 131 cm³/mol. The molecule has 2 aromatic heterocycles. The van der Waals surface area contributed by atoms with Crippen molar-refractivity contribution >= 4 is 23.4 Å². The summed E-state index contributed by atoms with van der Waals surface area (Å²) in [6.07, 6.45) is 5.53. The largest absolute Gasteiger partial charge is 0.359 e. The van der Waals surface area contributed by atoms with Crippen LogP contribution in [0.5, 0.6) is 0 Å². The van der Waals surface area contributed by atoms with Crippen molar-refractivity contribution in [3.8, 4) is 0 Å². The Labute approximate surface area is 198 Å². The molecule has 2 heterocycles. The number of nitrogens with zero attached hydrogens (tertiary/aromatic N) is 2. The van der Waals surface area contributed by atoms with Crippen molar-refractivity contribution in [2.24, 2.45) is 5.92 Å². The van der Waals surface area contributed by atoms with Crippen LogP contribution >= 0.6 is 0 Å². The Morgan fingerprint density at radius 2 is 1.79 bits per heavy atom. The third kappa shape index (κ3) is 6.21. The monoisotopic (exact) mass is 463 g/mol. The molecule has 0 bridgehead atoms. The number of anilines is 3. The molecule has 8 heteroatoms. The lowest BCUT2D eigenvalue weighted by atomic mass is 9.93. The lowest BCUT2D eigenvalue weighted by molar-refractivity contribution is 0.261. The van der Waals surface area contributed by atoms with Gasteiger partial charge in [-0.2, -0.15) is 0 Å². The van der Waals surface area contributed by atoms with Gasteiger partial charge in [0, 0.05) is 23.4 Å². The Balaban J connectivity index is 1.31. The van der Waals surface area contributed by atoms with Gasteiger partial charge in [-0.1, -0.05) is 38.6 Å². The predicted octanol–water partition coefficient (Wildman–Crippen LogP) is 6.27. The second-order valence-electron chi connectivity index (χ2n) is 9.69. The summed E-state index contributed by atoms with van der Waals surface area (Å²) in [4.78, 5) is 16.6. The van der Waals surface area contributed by atoms with Crippen LogP contribution in [0.25, 0.3) is 0 Å². The van der Waals surface area contributed by atoms with E-state index in [0.29, 0.717) is 18.1 Å². The van der Waals surface area contributed by atoms with E-state index in [0.717, 1.165) is 29.1 Å². The van der Waals surface area contributed by atoms with Crippen molar-refractivity contribution in [2.75, 3.05) is 16.0 Å². The van der Waals surface area contributed by atoms with Crippen LogP contribution in [0.4, 0.5) is 26.5 Å². The van der Waals surface area contributed by atoms with Crippen LogP contribution < -0.4 is 16.0 Å². The number of halogens is 1. The molecule has 3 aromatic rings. The lowest BCUT2D eigenvalue weighted by Gasteiger charge is -2.12. The minimum absolute atomic E-state index is 0.0924. The second-order valence-corrected chi connectivity index (χ2v) is 9.69. The number of allylic oxidation sites excluding steroid dienone is 1. The highest BCUT2D eigenvalue weighted by molar-refractivity contribution is 5.99. The normalized spacial score (nSPS) is 13.4. The molecule has 1 aliphatic carbocycles. The van der Waals surface area contributed by atoms with Gasteiger partial charge in [-0.15, -0.1) is 0 Å². The third-order valence-electron chi connectivity index (χ3n) is 5.66. The molecular formula is C26H30FN5O2. The molecule has 4 rings (SSSR count). The number of carbonyl (C=O) groups excluding carboxylic acids is 1. The molecule has 178 valence electrons. The SMILES string of the molecule is C=C(Nc1cc(CCc2ccc(NC(=O)Nc3cc(C(C)(C)C)on3)c(F)c2)ccn1)C1CC1. The van der Waals surface area contributed by atoms with Gasteiger partial charge < -0.3 is 15.2 Å². The van der Waals surface area contributed by atoms with Crippen molar-refractivity contribution < 1.29 is 13.7 Å². The van der Waals surface area contributed by atoms with Gasteiger partial charge in [0.25, 0.3) is 0 Å². The van der Waals surface area contributed by atoms with Gasteiger partial charge >= 0.3 is 6.03 Å². The van der Waals surface area contributed by atoms with E-state index in [4.69, 9.17) is 4.52 Å². The summed E-state index contributed by atoms with van der Waals surface area (Å²) >= 11 is 0. The lowest BCUT2D eigenvalue weighted by Crippen LogP contribution is -2.20. The van der Waals surface area contributed by atoms with E-state index in [2.05, 4.69) is 32.7 Å². The Morgan fingerprint density at radius 1 is 1.06 bits per heavy atom. The summed E-state index contributed by atoms with van der Waals surface area (Å²) in [5.41, 5.74) is 2.81. The molecule has 34 heavy (non-hydrogen) atoms. The molecule has 1 aromatic carbocycles. The van der Waals surface area contributed by atoms with Crippen LogP contribution in [0.15, 0.2) is 59.4 Å². The number of hydrogen-bond donors (Lipinski definition) is 3. The van der Waals surface area contributed by atoms with E-state index in [1.807, 2.05) is 39.0 Å². The first kappa shape index (κ1) is 23.5. The van der Waals surface area contributed by atoms with Crippen molar-refractivity contribution in [2.45, 2.75) is 51.9 Å². The first-order valence-corrected chi connectivity index (χ1v) is 11.4. The summed E-state index contributed by atoms with van der Waals surface area (Å²) in [6.45, 7) is 10.0. The zero-order valence-corrected chi connectivity index (χ0v) is 19.7. The number of hydrogen-bond acceptors (Lipinski definition) is 5. The first-order chi connectivity index (χ1) is 16.2. The van der Waals surface area contributed by atoms with E-state index >= 15 is 0 Å². The molecule has 0 unspecified atom stereocenters. The topological polar surface area (TPSA) is 92.1 Å². The molecule has 0 atom stereocenters. The van der Waals surface area contributed by atoms with Crippen LogP contribution in [-0.2, 0) is 18.3 Å². The minimum Gasteiger partial charge on any atom is -0.359 e. The summed E-state index contributed by atoms with van der Waals surface area (Å²) < 4.78 is 19.9. The van der Waals surface area contributed by atoms with Gasteiger partial charge in [0.2, 0.25) is 0 Å². The standard InChI is InChI=1S/C26H30FN5O2/c1-16(19-8-9-19)29-23-14-18(11-12-28-23)6-5-17-7-10-21(20(27)13-17)30-25(33)31-24-15-22(34-32-24)26(2,3)4/h7,10-15,19H,1,5-6,8-9H2,2-4H3,(H,28,29)(H2,30,31,32,33). The second kappa shape index (κ2) is 9.67. The summed E-state index contributed by atoms with van der Waals surface area (Å²) in [6, 6.07) is 9.83. The molecule has 3 N–H and O–H groups in total. The number of urea groups is 1. The quantitative estimate of drug-likeness (QED) is 0.366. The number of pyridine rings is 1. The zero-order valence-electron chi connectivity index (χ0n) is 19.7. The maximum atomic E-state index is 14.6. The van der Waals surface area contributed by atoms with Gasteiger partial charge in [0.05, 0.1) is 5.69 Å². The van der Waals surface area contributed by atoms with Crippen molar-refractivity contribution in [3.63, 3.8) is 0 Å². The molecule has 0 aliphatic heterocycles. The average Bonchev–Trinajstić information content (AvgIpc) is 3.52. The maximum Gasteiger partial charge on any atom is 0.325 e. The highest BCUT2D eigenvalue weighted by Crippen LogP contribution is 2.35. The minimum atomic E-state index is -0.593. The Morgan fingerprint density at radius 3 is 2.44 bits per heavy atom. The maximum absolute atomic E-state index is 14.6. The van der Waals surface area contributed by atoms with Gasteiger partial charge in [-0.3, -0.25) is 5.32 Å². The molecule has 0 saturated heterocycles. The number of amides is 2. The third-order valence-corrected chi connectivity index (χ3v) is 5.66. The molecule has 1 aliphatic rings. The smallest absolute Gasteiger partial charge is 0.325 e. The molecule has 7 nitrogen and oxygen atoms in total. The van der Waals surface area contributed by atoms with E-state index in [9.17, 15) is 9.18 Å². The number of benzene rings is 1. The van der Waals surface area contributed by atoms with Crippen LogP contribution in [0.3, 0.4) is 0 Å². The van der Waals surface area contributed by atoms with Gasteiger partial charge in [-0.05, 0) is 67.0 Å². The van der Waals surface area contributed by atoms with Gasteiger partial charge in [0.15, 0.2) is 5.82 Å². The number of nitrogens with one attached hydrogen (secondary N) is 3. The Hall–Kier alpha value is -3.68. The molecule has 2 amide bonds. The van der Waals surface area contributed by atoms with Crippen LogP contribution in [0.2, 0.25) is 0 Å². The molecule has 0 radical (unpaired) electrons. The van der Waals surface area contributed by atoms with Gasteiger partial charge in [0.1, 0.15) is 17.4 Å². The fourth-order valence-corrected chi connectivity index (χ4v) is 3.46. The average molecular weight is 464 g/mol. The van der Waals surface area contributed by atoms with E-state index in [1.54, 1.807) is 18.3 Å². The first-order valence-electron chi connectivity index (χ1n) is 11.4. The van der Waals surface area contributed by atoms with Gasteiger partial charge in [-0.25, -0.2) is 14.2 Å². The van der Waals surface area contributed by atoms with E-state index < -0.39 is 11.8 Å². The van der Waals surface area contributed by atoms with E-state index in [-0.39, 0.29) is 16.9 Å². The Kier molecular flexibility index (Phi) is 6.68. The van der Waals surface area contributed by atoms with Crippen molar-refractivity contribution in [3.05, 3.63) is 77.6 Å².